The summed E-state index contributed by atoms with van der Waals surface area (Å²) in [6, 6.07) is 0. The highest BCUT2D eigenvalue weighted by molar-refractivity contribution is 4.54. The first-order chi connectivity index (χ1) is 3.80. The number of hydrogen-bond donors (Lipinski definition) is 0. The van der Waals surface area contributed by atoms with E-state index in [-0.39, 0.29) is 6.29 Å². The van der Waals surface area contributed by atoms with Crippen molar-refractivity contribution in [2.75, 3.05) is 13.2 Å². The predicted octanol–water partition coefficient (Wildman–Crippen LogP) is 1.02. The van der Waals surface area contributed by atoms with Gasteiger partial charge in [-0.05, 0) is 0 Å². The molecule has 1 saturated heterocycles. The smallest absolute Gasteiger partial charge is 0.160 e. The van der Waals surface area contributed by atoms with Crippen LogP contribution in [-0.2, 0) is 9.47 Å². The molecule has 0 saturated carbocycles. The van der Waals surface area contributed by atoms with Crippen molar-refractivity contribution in [3.63, 3.8) is 0 Å². The summed E-state index contributed by atoms with van der Waals surface area (Å²) in [5.41, 5.74) is 0. The molecule has 0 aromatic rings. The number of ether oxygens (including phenoxy) is 2. The SMILES string of the molecule is CC(C)C1OCCO1. The van der Waals surface area contributed by atoms with E-state index in [2.05, 4.69) is 13.8 Å². The van der Waals surface area contributed by atoms with E-state index in [0.29, 0.717) is 5.92 Å². The van der Waals surface area contributed by atoms with Crippen molar-refractivity contribution in [2.45, 2.75) is 20.1 Å². The van der Waals surface area contributed by atoms with E-state index < -0.39 is 0 Å². The van der Waals surface area contributed by atoms with Crippen molar-refractivity contribution < 1.29 is 9.47 Å². The molecule has 48 valence electrons. The van der Waals surface area contributed by atoms with Crippen LogP contribution in [0.4, 0.5) is 0 Å². The van der Waals surface area contributed by atoms with E-state index in [0.717, 1.165) is 13.2 Å². The molecule has 0 amide bonds. The highest BCUT2D eigenvalue weighted by Crippen LogP contribution is 2.12. The Morgan fingerprint density at radius 1 is 1.25 bits per heavy atom. The quantitative estimate of drug-likeness (QED) is 0.509. The maximum absolute atomic E-state index is 5.19. The molecule has 0 bridgehead atoms. The summed E-state index contributed by atoms with van der Waals surface area (Å²) >= 11 is 0. The van der Waals surface area contributed by atoms with Gasteiger partial charge in [0.2, 0.25) is 0 Å². The Hall–Kier alpha value is -0.0800. The molecule has 8 heavy (non-hydrogen) atoms. The van der Waals surface area contributed by atoms with Gasteiger partial charge in [-0.1, -0.05) is 13.8 Å². The molecule has 0 aromatic heterocycles. The zero-order chi connectivity index (χ0) is 5.98. The summed E-state index contributed by atoms with van der Waals surface area (Å²) in [4.78, 5) is 0. The van der Waals surface area contributed by atoms with Crippen molar-refractivity contribution in [3.8, 4) is 0 Å². The fourth-order valence-electron chi connectivity index (χ4n) is 0.762. The standard InChI is InChI=1S/C6H12O2/c1-5(2)6-7-3-4-8-6/h5-6H,3-4H2,1-2H3. The maximum atomic E-state index is 5.19. The summed E-state index contributed by atoms with van der Waals surface area (Å²) < 4.78 is 10.4. The zero-order valence-corrected chi connectivity index (χ0v) is 5.39. The van der Waals surface area contributed by atoms with Gasteiger partial charge in [0.1, 0.15) is 0 Å². The van der Waals surface area contributed by atoms with Gasteiger partial charge < -0.3 is 9.47 Å². The molecule has 0 unspecified atom stereocenters. The molecule has 1 fully saturated rings. The Morgan fingerprint density at radius 3 is 2.00 bits per heavy atom. The van der Waals surface area contributed by atoms with Crippen LogP contribution < -0.4 is 0 Å². The Bertz CT molecular complexity index is 64.9. The third kappa shape index (κ3) is 1.20. The minimum atomic E-state index is 0.0648. The largest absolute Gasteiger partial charge is 0.350 e. The first-order valence-corrected chi connectivity index (χ1v) is 3.04. The lowest BCUT2D eigenvalue weighted by Crippen LogP contribution is -2.14. The third-order valence-electron chi connectivity index (χ3n) is 1.19. The van der Waals surface area contributed by atoms with Gasteiger partial charge in [0.25, 0.3) is 0 Å². The second kappa shape index (κ2) is 2.46. The van der Waals surface area contributed by atoms with Crippen molar-refractivity contribution >= 4 is 0 Å². The van der Waals surface area contributed by atoms with Gasteiger partial charge in [-0.2, -0.15) is 0 Å². The normalized spacial score (nSPS) is 22.9. The number of rotatable bonds is 1. The number of hydrogen-bond acceptors (Lipinski definition) is 2. The van der Waals surface area contributed by atoms with E-state index in [4.69, 9.17) is 9.47 Å². The van der Waals surface area contributed by atoms with Crippen LogP contribution in [-0.4, -0.2) is 19.5 Å². The maximum Gasteiger partial charge on any atom is 0.160 e. The molecule has 0 aliphatic carbocycles. The van der Waals surface area contributed by atoms with E-state index >= 15 is 0 Å². The molecule has 0 spiro atoms. The molecule has 0 N–H and O–H groups in total. The second-order valence-electron chi connectivity index (χ2n) is 2.35. The fraction of sp³-hybridized carbons (Fsp3) is 1.00. The molecule has 1 heterocycles. The lowest BCUT2D eigenvalue weighted by atomic mass is 10.2. The molecular formula is C6H12O2. The summed E-state index contributed by atoms with van der Waals surface area (Å²) in [6.07, 6.45) is 0.0648. The van der Waals surface area contributed by atoms with Crippen LogP contribution in [0.15, 0.2) is 0 Å². The summed E-state index contributed by atoms with van der Waals surface area (Å²) in [7, 11) is 0. The third-order valence-corrected chi connectivity index (χ3v) is 1.19. The second-order valence-corrected chi connectivity index (χ2v) is 2.35. The molecule has 1 rings (SSSR count). The Morgan fingerprint density at radius 2 is 1.75 bits per heavy atom. The van der Waals surface area contributed by atoms with Gasteiger partial charge in [0.05, 0.1) is 13.2 Å². The summed E-state index contributed by atoms with van der Waals surface area (Å²) in [6.45, 7) is 5.72. The van der Waals surface area contributed by atoms with Gasteiger partial charge in [0, 0.05) is 5.92 Å². The molecule has 2 heteroatoms. The Kier molecular flexibility index (Phi) is 1.86. The minimum Gasteiger partial charge on any atom is -0.350 e. The molecular weight excluding hydrogens is 104 g/mol. The van der Waals surface area contributed by atoms with Crippen LogP contribution in [0.2, 0.25) is 0 Å². The molecule has 0 radical (unpaired) electrons. The van der Waals surface area contributed by atoms with Gasteiger partial charge in [-0.15, -0.1) is 0 Å². The minimum absolute atomic E-state index is 0.0648. The van der Waals surface area contributed by atoms with Crippen molar-refractivity contribution in [1.29, 1.82) is 0 Å². The molecule has 1 aliphatic rings. The van der Waals surface area contributed by atoms with Crippen LogP contribution in [0.1, 0.15) is 13.8 Å². The molecule has 1 aliphatic heterocycles. The lowest BCUT2D eigenvalue weighted by molar-refractivity contribution is -0.0732. The average molecular weight is 116 g/mol. The highest BCUT2D eigenvalue weighted by Gasteiger charge is 2.18. The van der Waals surface area contributed by atoms with Crippen LogP contribution in [0.3, 0.4) is 0 Å². The van der Waals surface area contributed by atoms with Crippen molar-refractivity contribution in [2.24, 2.45) is 5.92 Å². The van der Waals surface area contributed by atoms with Gasteiger partial charge >= 0.3 is 0 Å². The van der Waals surface area contributed by atoms with Crippen LogP contribution in [0.25, 0.3) is 0 Å². The Labute approximate surface area is 49.8 Å². The summed E-state index contributed by atoms with van der Waals surface area (Å²) in [5, 5.41) is 0. The fourth-order valence-corrected chi connectivity index (χ4v) is 0.762. The van der Waals surface area contributed by atoms with E-state index in [1.165, 1.54) is 0 Å². The first-order valence-electron chi connectivity index (χ1n) is 3.04. The summed E-state index contributed by atoms with van der Waals surface area (Å²) in [5.74, 6) is 0.498. The van der Waals surface area contributed by atoms with Gasteiger partial charge in [0.15, 0.2) is 6.29 Å². The molecule has 0 aromatic carbocycles. The average Bonchev–Trinajstić information content (AvgIpc) is 2.12. The van der Waals surface area contributed by atoms with E-state index in [1.54, 1.807) is 0 Å². The Balaban J connectivity index is 2.24. The van der Waals surface area contributed by atoms with Crippen molar-refractivity contribution in [3.05, 3.63) is 0 Å². The van der Waals surface area contributed by atoms with E-state index in [1.807, 2.05) is 0 Å². The topological polar surface area (TPSA) is 18.5 Å². The molecule has 0 atom stereocenters. The van der Waals surface area contributed by atoms with Gasteiger partial charge in [-0.3, -0.25) is 0 Å². The predicted molar refractivity (Wildman–Crippen MR) is 30.5 cm³/mol. The van der Waals surface area contributed by atoms with Crippen LogP contribution in [0, 0.1) is 5.92 Å². The monoisotopic (exact) mass is 116 g/mol. The van der Waals surface area contributed by atoms with Gasteiger partial charge in [-0.25, -0.2) is 0 Å². The van der Waals surface area contributed by atoms with Crippen molar-refractivity contribution in [1.82, 2.24) is 0 Å². The lowest BCUT2D eigenvalue weighted by Gasteiger charge is -2.11. The first kappa shape index (κ1) is 6.05. The van der Waals surface area contributed by atoms with Crippen LogP contribution >= 0.6 is 0 Å². The van der Waals surface area contributed by atoms with Crippen LogP contribution in [0.5, 0.6) is 0 Å². The zero-order valence-electron chi connectivity index (χ0n) is 5.39. The molecule has 2 nitrogen and oxygen atoms in total. The van der Waals surface area contributed by atoms with E-state index in [9.17, 15) is 0 Å². The highest BCUT2D eigenvalue weighted by atomic mass is 16.7.